The summed E-state index contributed by atoms with van der Waals surface area (Å²) in [6.07, 6.45) is 10.3. The third kappa shape index (κ3) is 5.87. The Morgan fingerprint density at radius 3 is 2.47 bits per heavy atom. The third-order valence-electron chi connectivity index (χ3n) is 3.80. The van der Waals surface area contributed by atoms with Gasteiger partial charge in [-0.1, -0.05) is 40.0 Å². The molecule has 2 heteroatoms. The minimum Gasteiger partial charge on any atom is -0.375 e. The molecule has 0 aromatic heterocycles. The van der Waals surface area contributed by atoms with Gasteiger partial charge < -0.3 is 10.1 Å². The minimum atomic E-state index is 0.244. The second-order valence-electron chi connectivity index (χ2n) is 5.80. The van der Waals surface area contributed by atoms with Gasteiger partial charge in [-0.05, 0) is 38.6 Å². The molecule has 0 aromatic carbocycles. The van der Waals surface area contributed by atoms with Gasteiger partial charge in [0, 0.05) is 12.6 Å². The summed E-state index contributed by atoms with van der Waals surface area (Å²) in [6, 6.07) is 0.594. The summed E-state index contributed by atoms with van der Waals surface area (Å²) in [5, 5.41) is 3.50. The highest BCUT2D eigenvalue weighted by atomic mass is 16.5. The van der Waals surface area contributed by atoms with E-state index in [2.05, 4.69) is 26.1 Å². The first kappa shape index (κ1) is 15.0. The lowest BCUT2D eigenvalue weighted by atomic mass is 9.77. The highest BCUT2D eigenvalue weighted by molar-refractivity contribution is 4.90. The van der Waals surface area contributed by atoms with Crippen LogP contribution in [-0.2, 0) is 4.74 Å². The van der Waals surface area contributed by atoms with Gasteiger partial charge in [-0.2, -0.15) is 0 Å². The number of hydrogen-bond acceptors (Lipinski definition) is 2. The molecule has 1 rings (SSSR count). The maximum Gasteiger partial charge on any atom is 0.0694 e. The predicted molar refractivity (Wildman–Crippen MR) is 74.4 cm³/mol. The van der Waals surface area contributed by atoms with E-state index in [1.165, 1.54) is 51.4 Å². The fraction of sp³-hybridized carbons (Fsp3) is 1.00. The molecule has 102 valence electrons. The van der Waals surface area contributed by atoms with E-state index in [1.54, 1.807) is 0 Å². The highest BCUT2D eigenvalue weighted by Gasteiger charge is 2.37. The van der Waals surface area contributed by atoms with E-state index < -0.39 is 0 Å². The lowest BCUT2D eigenvalue weighted by molar-refractivity contribution is -0.105. The van der Waals surface area contributed by atoms with Crippen molar-refractivity contribution in [3.05, 3.63) is 0 Å². The average molecular weight is 241 g/mol. The molecule has 0 aliphatic heterocycles. The molecular weight excluding hydrogens is 210 g/mol. The molecule has 17 heavy (non-hydrogen) atoms. The second-order valence-corrected chi connectivity index (χ2v) is 5.80. The van der Waals surface area contributed by atoms with E-state index in [0.29, 0.717) is 6.04 Å². The van der Waals surface area contributed by atoms with Gasteiger partial charge in [-0.15, -0.1) is 0 Å². The van der Waals surface area contributed by atoms with Crippen LogP contribution in [0.15, 0.2) is 0 Å². The lowest BCUT2D eigenvalue weighted by Gasteiger charge is -2.42. The molecule has 0 aromatic rings. The zero-order valence-corrected chi connectivity index (χ0v) is 12.1. The summed E-state index contributed by atoms with van der Waals surface area (Å²) in [5.41, 5.74) is 0.244. The maximum atomic E-state index is 6.15. The van der Waals surface area contributed by atoms with E-state index >= 15 is 0 Å². The smallest absolute Gasteiger partial charge is 0.0694 e. The number of ether oxygens (including phenoxy) is 1. The molecule has 0 amide bonds. The van der Waals surface area contributed by atoms with Crippen molar-refractivity contribution in [2.45, 2.75) is 83.8 Å². The van der Waals surface area contributed by atoms with Crippen LogP contribution in [0, 0.1) is 0 Å². The van der Waals surface area contributed by atoms with Gasteiger partial charge in [0.05, 0.1) is 5.60 Å². The molecule has 1 aliphatic carbocycles. The van der Waals surface area contributed by atoms with Crippen LogP contribution in [0.1, 0.15) is 72.1 Å². The van der Waals surface area contributed by atoms with Crippen LogP contribution in [-0.4, -0.2) is 24.8 Å². The Morgan fingerprint density at radius 1 is 1.18 bits per heavy atom. The first-order valence-electron chi connectivity index (χ1n) is 7.56. The Kier molecular flexibility index (Phi) is 7.14. The van der Waals surface area contributed by atoms with Crippen molar-refractivity contribution in [3.63, 3.8) is 0 Å². The third-order valence-corrected chi connectivity index (χ3v) is 3.80. The fourth-order valence-corrected chi connectivity index (χ4v) is 2.44. The summed E-state index contributed by atoms with van der Waals surface area (Å²) < 4.78 is 6.15. The predicted octanol–water partition coefficient (Wildman–Crippen LogP) is 3.89. The van der Waals surface area contributed by atoms with E-state index in [9.17, 15) is 0 Å². The minimum absolute atomic E-state index is 0.244. The standard InChI is InChI=1S/C15H31NO/c1-4-5-6-7-13-17-15(9-8-10-15)11-12-16-14(2)3/h14,16H,4-13H2,1-3H3. The molecule has 0 spiro atoms. The molecule has 2 nitrogen and oxygen atoms in total. The van der Waals surface area contributed by atoms with Crippen LogP contribution >= 0.6 is 0 Å². The van der Waals surface area contributed by atoms with Gasteiger partial charge in [0.2, 0.25) is 0 Å². The van der Waals surface area contributed by atoms with Crippen LogP contribution in [0.3, 0.4) is 0 Å². The van der Waals surface area contributed by atoms with Crippen LogP contribution in [0.4, 0.5) is 0 Å². The molecule has 1 saturated carbocycles. The van der Waals surface area contributed by atoms with Crippen molar-refractivity contribution < 1.29 is 4.74 Å². The molecule has 0 unspecified atom stereocenters. The Morgan fingerprint density at radius 2 is 1.94 bits per heavy atom. The molecule has 0 bridgehead atoms. The van der Waals surface area contributed by atoms with Crippen LogP contribution in [0.5, 0.6) is 0 Å². The number of unbranched alkanes of at least 4 members (excludes halogenated alkanes) is 3. The fourth-order valence-electron chi connectivity index (χ4n) is 2.44. The number of nitrogens with one attached hydrogen (secondary N) is 1. The number of hydrogen-bond donors (Lipinski definition) is 1. The molecule has 1 aliphatic rings. The van der Waals surface area contributed by atoms with Gasteiger partial charge in [0.1, 0.15) is 0 Å². The molecule has 0 radical (unpaired) electrons. The Balaban J connectivity index is 2.08. The molecule has 0 heterocycles. The van der Waals surface area contributed by atoms with Crippen molar-refractivity contribution in [3.8, 4) is 0 Å². The van der Waals surface area contributed by atoms with Crippen molar-refractivity contribution in [1.29, 1.82) is 0 Å². The zero-order chi connectivity index (χ0) is 12.6. The van der Waals surface area contributed by atoms with Gasteiger partial charge in [-0.25, -0.2) is 0 Å². The van der Waals surface area contributed by atoms with Crippen molar-refractivity contribution >= 4 is 0 Å². The quantitative estimate of drug-likeness (QED) is 0.586. The lowest BCUT2D eigenvalue weighted by Crippen LogP contribution is -2.43. The van der Waals surface area contributed by atoms with E-state index in [0.717, 1.165) is 13.2 Å². The molecule has 1 N–H and O–H groups in total. The van der Waals surface area contributed by atoms with Crippen LogP contribution in [0.25, 0.3) is 0 Å². The van der Waals surface area contributed by atoms with E-state index in [-0.39, 0.29) is 5.60 Å². The zero-order valence-electron chi connectivity index (χ0n) is 12.1. The number of rotatable bonds is 10. The summed E-state index contributed by atoms with van der Waals surface area (Å²) in [5.74, 6) is 0. The monoisotopic (exact) mass is 241 g/mol. The Bertz CT molecular complexity index is 187. The van der Waals surface area contributed by atoms with Gasteiger partial charge in [0.25, 0.3) is 0 Å². The largest absolute Gasteiger partial charge is 0.375 e. The first-order valence-corrected chi connectivity index (χ1v) is 7.56. The van der Waals surface area contributed by atoms with Crippen molar-refractivity contribution in [2.24, 2.45) is 0 Å². The summed E-state index contributed by atoms with van der Waals surface area (Å²) >= 11 is 0. The van der Waals surface area contributed by atoms with Crippen LogP contribution in [0.2, 0.25) is 0 Å². The Labute approximate surface area is 108 Å². The molecule has 0 saturated heterocycles. The van der Waals surface area contributed by atoms with Crippen molar-refractivity contribution in [1.82, 2.24) is 5.32 Å². The topological polar surface area (TPSA) is 21.3 Å². The highest BCUT2D eigenvalue weighted by Crippen LogP contribution is 2.38. The summed E-state index contributed by atoms with van der Waals surface area (Å²) in [7, 11) is 0. The van der Waals surface area contributed by atoms with Gasteiger partial charge >= 0.3 is 0 Å². The molecular formula is C15H31NO. The maximum absolute atomic E-state index is 6.15. The normalized spacial score (nSPS) is 18.4. The van der Waals surface area contributed by atoms with E-state index in [4.69, 9.17) is 4.74 Å². The molecule has 1 fully saturated rings. The Hall–Kier alpha value is -0.0800. The van der Waals surface area contributed by atoms with Crippen molar-refractivity contribution in [2.75, 3.05) is 13.2 Å². The van der Waals surface area contributed by atoms with Crippen LogP contribution < -0.4 is 5.32 Å². The summed E-state index contributed by atoms with van der Waals surface area (Å²) in [6.45, 7) is 8.75. The molecule has 0 atom stereocenters. The van der Waals surface area contributed by atoms with Gasteiger partial charge in [0.15, 0.2) is 0 Å². The summed E-state index contributed by atoms with van der Waals surface area (Å²) in [4.78, 5) is 0. The van der Waals surface area contributed by atoms with E-state index in [1.807, 2.05) is 0 Å². The SMILES string of the molecule is CCCCCCOC1(CCNC(C)C)CCC1. The van der Waals surface area contributed by atoms with Gasteiger partial charge in [-0.3, -0.25) is 0 Å². The average Bonchev–Trinajstić information content (AvgIpc) is 2.23. The first-order chi connectivity index (χ1) is 8.18. The second kappa shape index (κ2) is 8.10.